The molecule has 2 aliphatic rings. The van der Waals surface area contributed by atoms with Crippen LogP contribution in [0.2, 0.25) is 0 Å². The Bertz CT molecular complexity index is 1450. The van der Waals surface area contributed by atoms with Gasteiger partial charge in [-0.1, -0.05) is 57.0 Å². The number of aromatic nitrogens is 2. The van der Waals surface area contributed by atoms with E-state index >= 15 is 0 Å². The van der Waals surface area contributed by atoms with Gasteiger partial charge in [0.1, 0.15) is 11.8 Å². The van der Waals surface area contributed by atoms with Crippen molar-refractivity contribution < 1.29 is 32.2 Å². The molecule has 1 aromatic carbocycles. The molecule has 0 amide bonds. The fourth-order valence-electron chi connectivity index (χ4n) is 4.36. The number of carbonyl (C=O) groups excluding carboxylic acids is 1. The number of ether oxygens (including phenoxy) is 4. The lowest BCUT2D eigenvalue weighted by Crippen LogP contribution is -2.32. The smallest absolute Gasteiger partial charge is 0.308 e. The van der Waals surface area contributed by atoms with Gasteiger partial charge in [-0.3, -0.25) is 4.79 Å². The Hall–Kier alpha value is -2.96. The molecular weight excluding hydrogens is 663 g/mol. The van der Waals surface area contributed by atoms with Crippen molar-refractivity contribution in [2.24, 2.45) is 5.92 Å². The highest BCUT2D eigenvalue weighted by molar-refractivity contribution is 7.90. The fraction of sp³-hybridized carbons (Fsp3) is 0.649. The summed E-state index contributed by atoms with van der Waals surface area (Å²) in [5, 5.41) is 1.92. The van der Waals surface area contributed by atoms with Gasteiger partial charge in [0.2, 0.25) is 15.9 Å². The molecule has 2 fully saturated rings. The molecule has 12 heteroatoms. The van der Waals surface area contributed by atoms with E-state index in [2.05, 4.69) is 9.71 Å². The van der Waals surface area contributed by atoms with Gasteiger partial charge < -0.3 is 18.9 Å². The van der Waals surface area contributed by atoms with Crippen molar-refractivity contribution >= 4 is 38.4 Å². The maximum absolute atomic E-state index is 11.1. The van der Waals surface area contributed by atoms with E-state index in [1.165, 1.54) is 12.8 Å². The van der Waals surface area contributed by atoms with Crippen LogP contribution in [-0.2, 0) is 19.6 Å². The molecule has 2 aromatic heterocycles. The molecule has 1 N–H and O–H groups in total. The molecule has 5 rings (SSSR count). The van der Waals surface area contributed by atoms with E-state index < -0.39 is 10.0 Å². The zero-order valence-corrected chi connectivity index (χ0v) is 28.7. The first kappa shape index (κ1) is 50.4. The third-order valence-corrected chi connectivity index (χ3v) is 9.68. The zero-order valence-electron chi connectivity index (χ0n) is 27.1. The van der Waals surface area contributed by atoms with Gasteiger partial charge in [0.25, 0.3) is 0 Å². The van der Waals surface area contributed by atoms with Gasteiger partial charge in [-0.15, -0.1) is 11.3 Å². The van der Waals surface area contributed by atoms with Crippen LogP contribution in [0, 0.1) is 5.92 Å². The molecule has 3 aromatic rings. The van der Waals surface area contributed by atoms with Crippen molar-refractivity contribution in [2.45, 2.75) is 141 Å². The number of hydrogen-bond donors (Lipinski definition) is 1. The van der Waals surface area contributed by atoms with E-state index in [1.54, 1.807) is 25.6 Å². The van der Waals surface area contributed by atoms with E-state index in [1.807, 2.05) is 71.2 Å². The second-order valence-electron chi connectivity index (χ2n) is 11.7. The van der Waals surface area contributed by atoms with E-state index in [4.69, 9.17) is 23.9 Å². The first-order valence-corrected chi connectivity index (χ1v) is 17.6. The van der Waals surface area contributed by atoms with Crippen LogP contribution in [0.25, 0.3) is 21.6 Å². The summed E-state index contributed by atoms with van der Waals surface area (Å²) in [6, 6.07) is 7.67. The lowest BCUT2D eigenvalue weighted by Gasteiger charge is -2.14. The maximum Gasteiger partial charge on any atom is 0.308 e. The number of carbonyl (C=O) groups is 1. The number of nitrogens with zero attached hydrogens (tertiary/aromatic N) is 2. The van der Waals surface area contributed by atoms with Gasteiger partial charge >= 0.3 is 5.97 Å². The number of rotatable bonds is 10. The third kappa shape index (κ3) is 15.6. The van der Waals surface area contributed by atoms with E-state index in [9.17, 15) is 13.2 Å². The standard InChI is InChI=1S/C17H18N2O3S.C9H16O2.C6H13NO2S.5CH4/c1-10(2)22-17-16(15-6-5-7-23-15)18-11-8-13(20-3)14(21-4)9-12(11)19-17;1-7(2)9(10)11-8-5-3-4-6-8;1-5(2)7-10(8,9)6-3-4-6;;;;;/h5-10H,1-4H3;7-8H,3-6H2,1-2H3;5-7H,3-4H2,1-2H3;5*1H4. The van der Waals surface area contributed by atoms with Gasteiger partial charge in [0, 0.05) is 18.2 Å². The number of fused-ring (bicyclic) bond motifs is 1. The third-order valence-electron chi connectivity index (χ3n) is 6.66. The van der Waals surface area contributed by atoms with Crippen molar-refractivity contribution in [1.82, 2.24) is 14.7 Å². The summed E-state index contributed by atoms with van der Waals surface area (Å²) in [5.41, 5.74) is 2.19. The molecule has 0 unspecified atom stereocenters. The van der Waals surface area contributed by atoms with Crippen molar-refractivity contribution in [1.29, 1.82) is 0 Å². The lowest BCUT2D eigenvalue weighted by atomic mass is 10.2. The van der Waals surface area contributed by atoms with Gasteiger partial charge in [0.15, 0.2) is 11.5 Å². The Morgan fingerprint density at radius 1 is 0.857 bits per heavy atom. The minimum Gasteiger partial charge on any atom is -0.493 e. The lowest BCUT2D eigenvalue weighted by molar-refractivity contribution is -0.152. The molecule has 0 spiro atoms. The highest BCUT2D eigenvalue weighted by Crippen LogP contribution is 2.36. The van der Waals surface area contributed by atoms with Crippen LogP contribution in [-0.4, -0.2) is 62.1 Å². The predicted octanol–water partition coefficient (Wildman–Crippen LogP) is 9.95. The van der Waals surface area contributed by atoms with Crippen LogP contribution >= 0.6 is 11.3 Å². The number of nitrogens with one attached hydrogen (secondary N) is 1. The molecule has 0 bridgehead atoms. The number of benzene rings is 1. The van der Waals surface area contributed by atoms with Gasteiger partial charge in [0.05, 0.1) is 47.4 Å². The number of thiophene rings is 1. The van der Waals surface area contributed by atoms with E-state index in [0.717, 1.165) is 41.8 Å². The summed E-state index contributed by atoms with van der Waals surface area (Å²) in [4.78, 5) is 21.5. The Kier molecular flexibility index (Phi) is 24.1. The van der Waals surface area contributed by atoms with Gasteiger partial charge in [-0.25, -0.2) is 23.1 Å². The Morgan fingerprint density at radius 3 is 1.80 bits per heavy atom. The largest absolute Gasteiger partial charge is 0.493 e. The van der Waals surface area contributed by atoms with Crippen LogP contribution in [0.3, 0.4) is 0 Å². The molecule has 0 aliphatic heterocycles. The molecule has 0 radical (unpaired) electrons. The Labute approximate surface area is 302 Å². The van der Waals surface area contributed by atoms with Gasteiger partial charge in [-0.05, 0) is 77.7 Å². The molecule has 49 heavy (non-hydrogen) atoms. The monoisotopic (exact) mass is 729 g/mol. The second-order valence-corrected chi connectivity index (χ2v) is 14.7. The Balaban J connectivity index is -0.000000693. The molecule has 0 saturated heterocycles. The molecular formula is C37H67N3O7S2. The van der Waals surface area contributed by atoms with Crippen molar-refractivity contribution in [3.05, 3.63) is 29.6 Å². The number of esters is 1. The molecule has 2 saturated carbocycles. The maximum atomic E-state index is 11.1. The van der Waals surface area contributed by atoms with Crippen LogP contribution in [0.1, 0.15) is 117 Å². The van der Waals surface area contributed by atoms with Crippen LogP contribution in [0.5, 0.6) is 17.4 Å². The summed E-state index contributed by atoms with van der Waals surface area (Å²) in [7, 11) is 0.268. The average Bonchev–Trinajstić information content (AvgIpc) is 3.46. The topological polar surface area (TPSA) is 126 Å². The Morgan fingerprint density at radius 2 is 1.39 bits per heavy atom. The van der Waals surface area contributed by atoms with Gasteiger partial charge in [-0.2, -0.15) is 0 Å². The van der Waals surface area contributed by atoms with E-state index in [0.29, 0.717) is 22.9 Å². The summed E-state index contributed by atoms with van der Waals surface area (Å²) in [6.07, 6.45) is 6.48. The molecule has 2 heterocycles. The normalized spacial score (nSPS) is 13.5. The first-order chi connectivity index (χ1) is 20.8. The average molecular weight is 730 g/mol. The molecule has 284 valence electrons. The van der Waals surface area contributed by atoms with Crippen molar-refractivity contribution in [3.8, 4) is 28.0 Å². The summed E-state index contributed by atoms with van der Waals surface area (Å²) >= 11 is 1.60. The number of hydrogen-bond acceptors (Lipinski definition) is 10. The fourth-order valence-corrected chi connectivity index (χ4v) is 6.67. The summed E-state index contributed by atoms with van der Waals surface area (Å²) in [5.74, 6) is 1.76. The van der Waals surface area contributed by atoms with Crippen LogP contribution < -0.4 is 18.9 Å². The number of methoxy groups -OCH3 is 2. The molecule has 2 aliphatic carbocycles. The quantitative estimate of drug-likeness (QED) is 0.203. The van der Waals surface area contributed by atoms with Crippen molar-refractivity contribution in [2.75, 3.05) is 14.2 Å². The first-order valence-electron chi connectivity index (χ1n) is 15.2. The molecule has 10 nitrogen and oxygen atoms in total. The summed E-state index contributed by atoms with van der Waals surface area (Å²) in [6.45, 7) is 11.4. The predicted molar refractivity (Wildman–Crippen MR) is 209 cm³/mol. The summed E-state index contributed by atoms with van der Waals surface area (Å²) < 4.78 is 46.5. The number of sulfonamides is 1. The SMILES string of the molecule is C.C.C.C.C.CC(C)C(=O)OC1CCCC1.CC(C)NS(=O)(=O)C1CC1.COc1cc2nc(OC(C)C)c(-c3cccs3)nc2cc1OC. The highest BCUT2D eigenvalue weighted by atomic mass is 32.2. The minimum atomic E-state index is -2.94. The minimum absolute atomic E-state index is 0. The van der Waals surface area contributed by atoms with E-state index in [-0.39, 0.29) is 72.5 Å². The van der Waals surface area contributed by atoms with Crippen LogP contribution in [0.15, 0.2) is 29.6 Å². The van der Waals surface area contributed by atoms with Crippen LogP contribution in [0.4, 0.5) is 0 Å². The van der Waals surface area contributed by atoms with Crippen molar-refractivity contribution in [3.63, 3.8) is 0 Å². The zero-order chi connectivity index (χ0) is 32.4. The molecule has 0 atom stereocenters. The highest BCUT2D eigenvalue weighted by Gasteiger charge is 2.35. The second kappa shape index (κ2) is 23.4.